The molecule has 4 rings (SSSR count). The molecule has 0 radical (unpaired) electrons. The van der Waals surface area contributed by atoms with Crippen LogP contribution >= 0.6 is 0 Å². The fraction of sp³-hybridized carbons (Fsp3) is 0.273. The molecule has 4 nitrogen and oxygen atoms in total. The average molecular weight is 345 g/mol. The van der Waals surface area contributed by atoms with Gasteiger partial charge < -0.3 is 10.6 Å². The summed E-state index contributed by atoms with van der Waals surface area (Å²) in [6, 6.07) is 16.7. The molecule has 0 unspecified atom stereocenters. The second-order valence-corrected chi connectivity index (χ2v) is 6.97. The third kappa shape index (κ3) is 3.60. The minimum Gasteiger partial charge on any atom is -0.350 e. The molecule has 3 aromatic rings. The number of aryl methyl sites for hydroxylation is 1. The van der Waals surface area contributed by atoms with Gasteiger partial charge in [0.15, 0.2) is 0 Å². The maximum absolute atomic E-state index is 12.4. The highest BCUT2D eigenvalue weighted by atomic mass is 16.1. The Morgan fingerprint density at radius 2 is 1.92 bits per heavy atom. The number of benzene rings is 2. The van der Waals surface area contributed by atoms with E-state index in [0.29, 0.717) is 18.2 Å². The number of hydrogen-bond donors (Lipinski definition) is 2. The Labute approximate surface area is 153 Å². The minimum atomic E-state index is -0.00515. The number of rotatable bonds is 4. The first-order valence-corrected chi connectivity index (χ1v) is 9.17. The lowest BCUT2D eigenvalue weighted by molar-refractivity contribution is 0.0950. The normalized spacial score (nSPS) is 16.7. The summed E-state index contributed by atoms with van der Waals surface area (Å²) in [5.41, 5.74) is 4.03. The van der Waals surface area contributed by atoms with E-state index in [4.69, 9.17) is 0 Å². The molecule has 1 aliphatic heterocycles. The highest BCUT2D eigenvalue weighted by Gasteiger charge is 2.15. The fourth-order valence-corrected chi connectivity index (χ4v) is 3.54. The lowest BCUT2D eigenvalue weighted by Gasteiger charge is -2.12. The number of nitrogens with zero attached hydrogens (tertiary/aromatic N) is 1. The van der Waals surface area contributed by atoms with E-state index in [-0.39, 0.29) is 5.91 Å². The molecular formula is C22H23N3O. The number of nitrogens with one attached hydrogen (secondary N) is 2. The van der Waals surface area contributed by atoms with Gasteiger partial charge in [0, 0.05) is 30.0 Å². The zero-order valence-corrected chi connectivity index (χ0v) is 15.0. The number of amides is 1. The van der Waals surface area contributed by atoms with Crippen LogP contribution in [0.5, 0.6) is 0 Å². The third-order valence-corrected chi connectivity index (χ3v) is 5.00. The molecule has 0 spiro atoms. The van der Waals surface area contributed by atoms with E-state index in [2.05, 4.69) is 39.9 Å². The molecule has 0 saturated carbocycles. The quantitative estimate of drug-likeness (QED) is 0.758. The average Bonchev–Trinajstić information content (AvgIpc) is 3.19. The number of carbonyl (C=O) groups is 1. The first kappa shape index (κ1) is 16.7. The van der Waals surface area contributed by atoms with Gasteiger partial charge in [0.05, 0.1) is 0 Å². The van der Waals surface area contributed by atoms with Crippen molar-refractivity contribution in [1.29, 1.82) is 0 Å². The van der Waals surface area contributed by atoms with E-state index < -0.39 is 0 Å². The van der Waals surface area contributed by atoms with Gasteiger partial charge in [-0.2, -0.15) is 0 Å². The predicted octanol–water partition coefficient (Wildman–Crippen LogP) is 3.69. The minimum absolute atomic E-state index is 0.00515. The molecule has 1 fully saturated rings. The molecule has 2 aromatic carbocycles. The monoisotopic (exact) mass is 345 g/mol. The molecule has 0 aliphatic carbocycles. The molecule has 0 bridgehead atoms. The molecule has 2 heterocycles. The van der Waals surface area contributed by atoms with Gasteiger partial charge >= 0.3 is 0 Å². The molecule has 1 saturated heterocycles. The highest BCUT2D eigenvalue weighted by molar-refractivity contribution is 5.99. The molecule has 1 atom stereocenters. The van der Waals surface area contributed by atoms with Crippen LogP contribution in [-0.4, -0.2) is 30.0 Å². The number of pyridine rings is 1. The summed E-state index contributed by atoms with van der Waals surface area (Å²) in [4.78, 5) is 16.7. The molecule has 2 N–H and O–H groups in total. The van der Waals surface area contributed by atoms with E-state index in [0.717, 1.165) is 40.6 Å². The molecule has 1 aromatic heterocycles. The van der Waals surface area contributed by atoms with Gasteiger partial charge in [-0.3, -0.25) is 9.78 Å². The van der Waals surface area contributed by atoms with Crippen LogP contribution in [0.3, 0.4) is 0 Å². The van der Waals surface area contributed by atoms with Gasteiger partial charge in [-0.1, -0.05) is 18.2 Å². The summed E-state index contributed by atoms with van der Waals surface area (Å²) in [5.74, 6) is -0.00515. The van der Waals surface area contributed by atoms with Crippen LogP contribution in [-0.2, 0) is 0 Å². The van der Waals surface area contributed by atoms with E-state index in [1.807, 2.05) is 37.4 Å². The van der Waals surface area contributed by atoms with Gasteiger partial charge in [-0.15, -0.1) is 0 Å². The second kappa shape index (κ2) is 7.26. The Hall–Kier alpha value is -2.72. The number of hydrogen-bond acceptors (Lipinski definition) is 3. The first-order chi connectivity index (χ1) is 12.7. The van der Waals surface area contributed by atoms with Crippen molar-refractivity contribution in [3.05, 3.63) is 66.0 Å². The summed E-state index contributed by atoms with van der Waals surface area (Å²) >= 11 is 0. The van der Waals surface area contributed by atoms with Gasteiger partial charge in [0.1, 0.15) is 0 Å². The number of carbonyl (C=O) groups excluding carboxylic acids is 1. The van der Waals surface area contributed by atoms with E-state index in [9.17, 15) is 4.79 Å². The molecular weight excluding hydrogens is 322 g/mol. The van der Waals surface area contributed by atoms with E-state index in [1.165, 1.54) is 6.42 Å². The zero-order chi connectivity index (χ0) is 17.9. The van der Waals surface area contributed by atoms with Crippen LogP contribution < -0.4 is 10.6 Å². The van der Waals surface area contributed by atoms with Crippen molar-refractivity contribution < 1.29 is 4.79 Å². The lowest BCUT2D eigenvalue weighted by atomic mass is 10.00. The second-order valence-electron chi connectivity index (χ2n) is 6.97. The summed E-state index contributed by atoms with van der Waals surface area (Å²) in [6.07, 6.45) is 4.16. The Kier molecular flexibility index (Phi) is 4.67. The van der Waals surface area contributed by atoms with Crippen molar-refractivity contribution in [2.75, 3.05) is 13.1 Å². The summed E-state index contributed by atoms with van der Waals surface area (Å²) < 4.78 is 0. The van der Waals surface area contributed by atoms with Gasteiger partial charge in [-0.25, -0.2) is 0 Å². The predicted molar refractivity (Wildman–Crippen MR) is 105 cm³/mol. The Morgan fingerprint density at radius 3 is 2.73 bits per heavy atom. The maximum atomic E-state index is 12.4. The van der Waals surface area contributed by atoms with Crippen LogP contribution in [0.25, 0.3) is 21.9 Å². The summed E-state index contributed by atoms with van der Waals surface area (Å²) in [6.45, 7) is 3.74. The van der Waals surface area contributed by atoms with Crippen molar-refractivity contribution >= 4 is 16.7 Å². The smallest absolute Gasteiger partial charge is 0.251 e. The Bertz CT molecular complexity index is 945. The van der Waals surface area contributed by atoms with Crippen molar-refractivity contribution in [2.45, 2.75) is 25.8 Å². The Balaban J connectivity index is 1.54. The van der Waals surface area contributed by atoms with Crippen LogP contribution in [0.1, 0.15) is 28.9 Å². The molecule has 132 valence electrons. The van der Waals surface area contributed by atoms with Crippen LogP contribution in [0, 0.1) is 6.92 Å². The lowest BCUT2D eigenvalue weighted by Crippen LogP contribution is -2.37. The van der Waals surface area contributed by atoms with Crippen molar-refractivity contribution in [1.82, 2.24) is 15.6 Å². The summed E-state index contributed by atoms with van der Waals surface area (Å²) in [7, 11) is 0. The van der Waals surface area contributed by atoms with Crippen molar-refractivity contribution in [3.8, 4) is 11.1 Å². The van der Waals surface area contributed by atoms with Crippen LogP contribution in [0.15, 0.2) is 54.7 Å². The topological polar surface area (TPSA) is 54.0 Å². The summed E-state index contributed by atoms with van der Waals surface area (Å²) in [5, 5.41) is 8.65. The van der Waals surface area contributed by atoms with Gasteiger partial charge in [0.2, 0.25) is 0 Å². The van der Waals surface area contributed by atoms with E-state index >= 15 is 0 Å². The van der Waals surface area contributed by atoms with Crippen molar-refractivity contribution in [3.63, 3.8) is 0 Å². The molecule has 26 heavy (non-hydrogen) atoms. The zero-order valence-electron chi connectivity index (χ0n) is 15.0. The molecule has 1 amide bonds. The largest absolute Gasteiger partial charge is 0.350 e. The van der Waals surface area contributed by atoms with Crippen LogP contribution in [0.4, 0.5) is 0 Å². The highest BCUT2D eigenvalue weighted by Crippen LogP contribution is 2.25. The number of fused-ring (bicyclic) bond motifs is 1. The van der Waals surface area contributed by atoms with Crippen LogP contribution in [0.2, 0.25) is 0 Å². The van der Waals surface area contributed by atoms with Gasteiger partial charge in [0.25, 0.3) is 5.91 Å². The number of aromatic nitrogens is 1. The fourth-order valence-electron chi connectivity index (χ4n) is 3.54. The van der Waals surface area contributed by atoms with Crippen molar-refractivity contribution in [2.24, 2.45) is 0 Å². The molecule has 1 aliphatic rings. The SMILES string of the molecule is Cc1cc(-c2ccc3cc(C(=O)NC[C@@H]4CCCN4)ccc3c2)ccn1. The third-order valence-electron chi connectivity index (χ3n) is 5.00. The first-order valence-electron chi connectivity index (χ1n) is 9.17. The standard InChI is InChI=1S/C22H23N3O/c1-15-11-19(8-10-23-15)17-4-5-18-13-20(7-6-16(18)12-17)22(26)25-14-21-3-2-9-24-21/h4-8,10-13,21,24H,2-3,9,14H2,1H3,(H,25,26)/t21-/m0/s1. The Morgan fingerprint density at radius 1 is 1.12 bits per heavy atom. The molecule has 4 heteroatoms. The maximum Gasteiger partial charge on any atom is 0.251 e. The van der Waals surface area contributed by atoms with E-state index in [1.54, 1.807) is 0 Å². The van der Waals surface area contributed by atoms with Gasteiger partial charge in [-0.05, 0) is 78.5 Å².